The van der Waals surface area contributed by atoms with E-state index in [0.717, 1.165) is 84.9 Å². The lowest BCUT2D eigenvalue weighted by Crippen LogP contribution is -2.18. The van der Waals surface area contributed by atoms with Gasteiger partial charge < -0.3 is 8.98 Å². The first-order chi connectivity index (χ1) is 31.1. The van der Waals surface area contributed by atoms with Crippen molar-refractivity contribution in [3.63, 3.8) is 0 Å². The molecular weight excluding hydrogens is 767 g/mol. The van der Waals surface area contributed by atoms with E-state index in [9.17, 15) is 0 Å². The Kier molecular flexibility index (Phi) is 8.04. The van der Waals surface area contributed by atoms with Crippen LogP contribution < -0.4 is 0 Å². The molecule has 0 fully saturated rings. The maximum Gasteiger partial charge on any atom is 0.159 e. The highest BCUT2D eigenvalue weighted by atomic mass is 16.3. The van der Waals surface area contributed by atoms with Gasteiger partial charge in [0.15, 0.2) is 11.4 Å². The number of hydrogen-bond acceptors (Lipinski definition) is 3. The molecular formula is C59H41N3O. The van der Waals surface area contributed by atoms with Crippen molar-refractivity contribution in [2.45, 2.75) is 25.8 Å². The lowest BCUT2D eigenvalue weighted by molar-refractivity contribution is 0.446. The van der Waals surface area contributed by atoms with Crippen molar-refractivity contribution in [1.29, 1.82) is 0 Å². The molecule has 0 bridgehead atoms. The van der Waals surface area contributed by atoms with Crippen LogP contribution in [0, 0.1) is 5.92 Å². The van der Waals surface area contributed by atoms with Gasteiger partial charge in [-0.05, 0) is 110 Å². The summed E-state index contributed by atoms with van der Waals surface area (Å²) in [4.78, 5) is 11.3. The van der Waals surface area contributed by atoms with Crippen LogP contribution in [0.3, 0.4) is 0 Å². The molecule has 0 aliphatic carbocycles. The van der Waals surface area contributed by atoms with Crippen molar-refractivity contribution < 1.29 is 4.42 Å². The summed E-state index contributed by atoms with van der Waals surface area (Å²) in [6, 6.07) is 70.2. The highest BCUT2D eigenvalue weighted by molar-refractivity contribution is 6.21. The summed E-state index contributed by atoms with van der Waals surface area (Å²) in [5.74, 6) is 1.01. The van der Waals surface area contributed by atoms with Gasteiger partial charge in [-0.15, -0.1) is 0 Å². The van der Waals surface area contributed by atoms with Gasteiger partial charge in [0.25, 0.3) is 0 Å². The van der Waals surface area contributed by atoms with Crippen LogP contribution >= 0.6 is 0 Å². The van der Waals surface area contributed by atoms with Crippen molar-refractivity contribution in [3.8, 4) is 5.69 Å². The van der Waals surface area contributed by atoms with E-state index in [-0.39, 0.29) is 12.0 Å². The second-order valence-corrected chi connectivity index (χ2v) is 17.3. The molecule has 10 aromatic carbocycles. The maximum atomic E-state index is 7.13. The molecule has 3 heterocycles. The fourth-order valence-corrected chi connectivity index (χ4v) is 10.4. The van der Waals surface area contributed by atoms with Crippen LogP contribution in [0.4, 0.5) is 0 Å². The number of benzene rings is 10. The summed E-state index contributed by atoms with van der Waals surface area (Å²) < 4.78 is 9.55. The number of para-hydroxylation sites is 1. The van der Waals surface area contributed by atoms with E-state index in [0.29, 0.717) is 0 Å². The second-order valence-electron chi connectivity index (χ2n) is 17.3. The third kappa shape index (κ3) is 5.75. The monoisotopic (exact) mass is 807 g/mol. The molecule has 63 heavy (non-hydrogen) atoms. The summed E-state index contributed by atoms with van der Waals surface area (Å²) in [6.45, 7) is 2.36. The van der Waals surface area contributed by atoms with Crippen molar-refractivity contribution in [3.05, 3.63) is 211 Å². The molecule has 2 aromatic heterocycles. The van der Waals surface area contributed by atoms with E-state index in [1.54, 1.807) is 0 Å². The van der Waals surface area contributed by atoms with Crippen LogP contribution in [0.5, 0.6) is 0 Å². The molecule has 2 atom stereocenters. The zero-order valence-electron chi connectivity index (χ0n) is 34.8. The van der Waals surface area contributed by atoms with E-state index < -0.39 is 0 Å². The molecule has 0 amide bonds. The van der Waals surface area contributed by atoms with Gasteiger partial charge in [0.05, 0.1) is 28.5 Å². The number of fused-ring (bicyclic) bond motifs is 12. The van der Waals surface area contributed by atoms with E-state index in [1.807, 2.05) is 0 Å². The highest BCUT2D eigenvalue weighted by Gasteiger charge is 2.26. The summed E-state index contributed by atoms with van der Waals surface area (Å²) >= 11 is 0. The molecule has 12 aromatic rings. The van der Waals surface area contributed by atoms with Crippen LogP contribution in [0.1, 0.15) is 42.5 Å². The molecule has 2 unspecified atom stereocenters. The Labute approximate surface area is 364 Å². The number of nitrogens with zero attached hydrogens (tertiary/aromatic N) is 3. The molecule has 0 radical (unpaired) electrons. The Bertz CT molecular complexity index is 3890. The number of amidine groups is 1. The third-order valence-electron chi connectivity index (χ3n) is 13.6. The lowest BCUT2D eigenvalue weighted by atomic mass is 9.87. The summed E-state index contributed by atoms with van der Waals surface area (Å²) in [5.41, 5.74) is 9.38. The first kappa shape index (κ1) is 35.9. The van der Waals surface area contributed by atoms with Gasteiger partial charge in [0.1, 0.15) is 5.58 Å². The van der Waals surface area contributed by atoms with E-state index in [1.165, 1.54) is 48.7 Å². The Morgan fingerprint density at radius 1 is 0.460 bits per heavy atom. The van der Waals surface area contributed by atoms with Gasteiger partial charge in [-0.25, -0.2) is 4.99 Å². The molecule has 4 nitrogen and oxygen atoms in total. The van der Waals surface area contributed by atoms with E-state index in [4.69, 9.17) is 14.4 Å². The maximum absolute atomic E-state index is 7.13. The molecule has 1 aliphatic heterocycles. The normalized spacial score (nSPS) is 17.7. The number of aliphatic imine (C=N–C) groups is 2. The Morgan fingerprint density at radius 2 is 1.11 bits per heavy atom. The van der Waals surface area contributed by atoms with Crippen LogP contribution in [-0.2, 0) is 0 Å². The van der Waals surface area contributed by atoms with Crippen molar-refractivity contribution in [1.82, 2.24) is 4.57 Å². The minimum atomic E-state index is -0.0575. The largest absolute Gasteiger partial charge is 0.453 e. The Hall–Kier alpha value is -7.82. The van der Waals surface area contributed by atoms with Crippen LogP contribution in [0.2, 0.25) is 0 Å². The first-order valence-corrected chi connectivity index (χ1v) is 22.1. The summed E-state index contributed by atoms with van der Waals surface area (Å²) in [7, 11) is 0. The fraction of sp³-hybridized carbons (Fsp3) is 0.0847. The molecule has 13 rings (SSSR count). The molecule has 0 saturated carbocycles. The quantitative estimate of drug-likeness (QED) is 0.163. The zero-order chi connectivity index (χ0) is 41.6. The minimum absolute atomic E-state index is 0.0575. The third-order valence-corrected chi connectivity index (χ3v) is 13.6. The molecule has 0 saturated heterocycles. The highest BCUT2D eigenvalue weighted by Crippen LogP contribution is 2.43. The van der Waals surface area contributed by atoms with Gasteiger partial charge in [0, 0.05) is 32.5 Å². The van der Waals surface area contributed by atoms with Gasteiger partial charge in [-0.2, -0.15) is 0 Å². The summed E-state index contributed by atoms with van der Waals surface area (Å²) in [5, 5.41) is 14.3. The minimum Gasteiger partial charge on any atom is -0.453 e. The number of rotatable bonds is 4. The van der Waals surface area contributed by atoms with Gasteiger partial charge in [0.2, 0.25) is 0 Å². The van der Waals surface area contributed by atoms with Crippen molar-refractivity contribution in [2.24, 2.45) is 15.9 Å². The predicted molar refractivity (Wildman–Crippen MR) is 265 cm³/mol. The second kappa shape index (κ2) is 14.1. The van der Waals surface area contributed by atoms with E-state index in [2.05, 4.69) is 206 Å². The fourth-order valence-electron chi connectivity index (χ4n) is 10.4. The Morgan fingerprint density at radius 3 is 1.95 bits per heavy atom. The molecule has 298 valence electrons. The van der Waals surface area contributed by atoms with Crippen molar-refractivity contribution >= 4 is 98.4 Å². The van der Waals surface area contributed by atoms with Crippen LogP contribution in [0.25, 0.3) is 92.5 Å². The lowest BCUT2D eigenvalue weighted by Gasteiger charge is -2.25. The average molecular weight is 808 g/mol. The topological polar surface area (TPSA) is 42.8 Å². The predicted octanol–water partition coefficient (Wildman–Crippen LogP) is 15.7. The van der Waals surface area contributed by atoms with Crippen LogP contribution in [-0.4, -0.2) is 16.1 Å². The van der Waals surface area contributed by atoms with Crippen molar-refractivity contribution in [2.75, 3.05) is 0 Å². The van der Waals surface area contributed by atoms with Gasteiger partial charge in [-0.3, -0.25) is 4.99 Å². The van der Waals surface area contributed by atoms with E-state index >= 15 is 0 Å². The number of aromatic nitrogens is 1. The number of hydrogen-bond donors (Lipinski definition) is 0. The molecule has 0 N–H and O–H groups in total. The average Bonchev–Trinajstić information content (AvgIpc) is 3.87. The summed E-state index contributed by atoms with van der Waals surface area (Å²) in [6.07, 6.45) is 1.72. The molecule has 1 aliphatic rings. The Balaban J connectivity index is 1.06. The van der Waals surface area contributed by atoms with Gasteiger partial charge in [-0.1, -0.05) is 159 Å². The first-order valence-electron chi connectivity index (χ1n) is 22.1. The molecule has 0 spiro atoms. The van der Waals surface area contributed by atoms with Crippen LogP contribution in [0.15, 0.2) is 209 Å². The molecule has 4 heteroatoms. The number of furan rings is 1. The zero-order valence-corrected chi connectivity index (χ0v) is 34.8. The smallest absolute Gasteiger partial charge is 0.159 e. The standard InChI is InChI=1S/C59H41N3O/c1-36-23-30-52(60-59(39-15-3-2-4-16-39)61-56(36)43-27-28-46-42(31-43)25-24-37-13-7-9-19-45(37)46)44-33-51-49-29-26-38-14-8-10-20-47(38)57(49)63-58(51)55(35-44)62-53-22-12-11-21-48(53)50-32-40-17-5-6-18-41(40)34-54(50)62/h2-22,24-29,31-36,56H,23,30H2,1H3/b60-52+,61-59-. The van der Waals surface area contributed by atoms with Gasteiger partial charge >= 0.3 is 0 Å². The SMILES string of the molecule is CC1CC/C(c2cc(-n3c4ccccc4c4cc5ccccc5cc43)c3oc4c5ccccc5ccc4c3c2)=N\C(c2ccccc2)=N/C1c1ccc2c(ccc3ccccc32)c1.